The highest BCUT2D eigenvalue weighted by atomic mass is 19.1. The van der Waals surface area contributed by atoms with Crippen LogP contribution >= 0.6 is 0 Å². The van der Waals surface area contributed by atoms with E-state index in [4.69, 9.17) is 4.74 Å². The van der Waals surface area contributed by atoms with Gasteiger partial charge in [-0.15, -0.1) is 0 Å². The molecule has 1 aromatic rings. The second-order valence-corrected chi connectivity index (χ2v) is 6.39. The van der Waals surface area contributed by atoms with Crippen LogP contribution in [0.25, 0.3) is 0 Å². The van der Waals surface area contributed by atoms with Crippen LogP contribution in [0.5, 0.6) is 0 Å². The van der Waals surface area contributed by atoms with Crippen molar-refractivity contribution in [1.29, 1.82) is 0 Å². The van der Waals surface area contributed by atoms with Gasteiger partial charge in [0.2, 0.25) is 0 Å². The van der Waals surface area contributed by atoms with Crippen molar-refractivity contribution in [3.05, 3.63) is 35.6 Å². The highest BCUT2D eigenvalue weighted by Crippen LogP contribution is 2.33. The molecular weight excluding hydrogens is 283 g/mol. The molecule has 2 aliphatic heterocycles. The van der Waals surface area contributed by atoms with E-state index in [0.717, 1.165) is 31.4 Å². The molecule has 2 aliphatic rings. The standard InChI is InChI=1S/C17H23FN2O2/c1-19(2)17(21)16-8-7-14-15(22-16)9-10-20(14)11-12-5-3-4-6-13(12)18/h3-6,14-16H,7-11H2,1-2H3/t14-,15-,16+/m1/s1. The molecular formula is C17H23FN2O2. The van der Waals surface area contributed by atoms with E-state index >= 15 is 0 Å². The number of amides is 1. The van der Waals surface area contributed by atoms with Gasteiger partial charge in [0, 0.05) is 38.8 Å². The third kappa shape index (κ3) is 3.01. The second-order valence-electron chi connectivity index (χ2n) is 6.39. The van der Waals surface area contributed by atoms with Crippen molar-refractivity contribution in [3.8, 4) is 0 Å². The molecule has 0 bridgehead atoms. The number of halogens is 1. The van der Waals surface area contributed by atoms with Crippen LogP contribution in [0, 0.1) is 5.82 Å². The molecule has 0 aromatic heterocycles. The molecule has 1 aromatic carbocycles. The van der Waals surface area contributed by atoms with Crippen LogP contribution in [-0.4, -0.2) is 54.6 Å². The van der Waals surface area contributed by atoms with Crippen LogP contribution < -0.4 is 0 Å². The Morgan fingerprint density at radius 3 is 2.82 bits per heavy atom. The molecule has 0 unspecified atom stereocenters. The first-order valence-corrected chi connectivity index (χ1v) is 7.90. The summed E-state index contributed by atoms with van der Waals surface area (Å²) in [4.78, 5) is 15.9. The van der Waals surface area contributed by atoms with Crippen molar-refractivity contribution in [1.82, 2.24) is 9.80 Å². The summed E-state index contributed by atoms with van der Waals surface area (Å²) in [6.45, 7) is 1.51. The number of carbonyl (C=O) groups excluding carboxylic acids is 1. The fraction of sp³-hybridized carbons (Fsp3) is 0.588. The van der Waals surface area contributed by atoms with Crippen LogP contribution in [-0.2, 0) is 16.1 Å². The third-order valence-electron chi connectivity index (χ3n) is 4.71. The topological polar surface area (TPSA) is 32.8 Å². The quantitative estimate of drug-likeness (QED) is 0.857. The second kappa shape index (κ2) is 6.34. The lowest BCUT2D eigenvalue weighted by atomic mass is 9.98. The number of nitrogens with zero attached hydrogens (tertiary/aromatic N) is 2. The highest BCUT2D eigenvalue weighted by Gasteiger charge is 2.41. The summed E-state index contributed by atoms with van der Waals surface area (Å²) in [7, 11) is 3.52. The van der Waals surface area contributed by atoms with Crippen molar-refractivity contribution < 1.29 is 13.9 Å². The number of rotatable bonds is 3. The Balaban J connectivity index is 1.63. The molecule has 2 fully saturated rings. The van der Waals surface area contributed by atoms with Crippen molar-refractivity contribution in [3.63, 3.8) is 0 Å². The number of fused-ring (bicyclic) bond motifs is 1. The van der Waals surface area contributed by atoms with E-state index in [-0.39, 0.29) is 23.9 Å². The summed E-state index contributed by atoms with van der Waals surface area (Å²) < 4.78 is 19.8. The summed E-state index contributed by atoms with van der Waals surface area (Å²) in [5.41, 5.74) is 0.731. The highest BCUT2D eigenvalue weighted by molar-refractivity contribution is 5.80. The maximum Gasteiger partial charge on any atom is 0.251 e. The van der Waals surface area contributed by atoms with Gasteiger partial charge in [-0.25, -0.2) is 4.39 Å². The lowest BCUT2D eigenvalue weighted by molar-refractivity contribution is -0.152. The zero-order valence-electron chi connectivity index (χ0n) is 13.2. The summed E-state index contributed by atoms with van der Waals surface area (Å²) in [5, 5.41) is 0. The minimum atomic E-state index is -0.315. The van der Waals surface area contributed by atoms with E-state index < -0.39 is 0 Å². The predicted molar refractivity (Wildman–Crippen MR) is 81.8 cm³/mol. The molecule has 0 N–H and O–H groups in total. The van der Waals surface area contributed by atoms with E-state index in [1.54, 1.807) is 25.1 Å². The van der Waals surface area contributed by atoms with Crippen LogP contribution in [0.1, 0.15) is 24.8 Å². The Labute approximate surface area is 130 Å². The van der Waals surface area contributed by atoms with Gasteiger partial charge in [0.15, 0.2) is 0 Å². The van der Waals surface area contributed by atoms with Crippen LogP contribution in [0.3, 0.4) is 0 Å². The molecule has 4 nitrogen and oxygen atoms in total. The Morgan fingerprint density at radius 2 is 2.09 bits per heavy atom. The first kappa shape index (κ1) is 15.4. The number of likely N-dealkylation sites (N-methyl/N-ethyl adjacent to an activating group) is 1. The molecule has 2 saturated heterocycles. The number of carbonyl (C=O) groups is 1. The summed E-state index contributed by atoms with van der Waals surface area (Å²) in [6, 6.07) is 7.23. The van der Waals surface area contributed by atoms with E-state index in [9.17, 15) is 9.18 Å². The monoisotopic (exact) mass is 306 g/mol. The average Bonchev–Trinajstić information content (AvgIpc) is 2.91. The molecule has 5 heteroatoms. The molecule has 120 valence electrons. The minimum Gasteiger partial charge on any atom is -0.363 e. The van der Waals surface area contributed by atoms with E-state index in [2.05, 4.69) is 4.90 Å². The third-order valence-corrected chi connectivity index (χ3v) is 4.71. The van der Waals surface area contributed by atoms with Gasteiger partial charge in [0.05, 0.1) is 6.10 Å². The smallest absolute Gasteiger partial charge is 0.251 e. The number of benzene rings is 1. The van der Waals surface area contributed by atoms with Gasteiger partial charge >= 0.3 is 0 Å². The molecule has 1 amide bonds. The molecule has 0 radical (unpaired) electrons. The van der Waals surface area contributed by atoms with E-state index in [1.165, 1.54) is 6.07 Å². The molecule has 3 atom stereocenters. The lowest BCUT2D eigenvalue weighted by Gasteiger charge is -2.36. The first-order valence-electron chi connectivity index (χ1n) is 7.90. The number of hydrogen-bond acceptors (Lipinski definition) is 3. The van der Waals surface area contributed by atoms with E-state index in [0.29, 0.717) is 12.6 Å². The Bertz CT molecular complexity index is 549. The molecule has 2 heterocycles. The fourth-order valence-electron chi connectivity index (χ4n) is 3.53. The summed E-state index contributed by atoms with van der Waals surface area (Å²) in [6.07, 6.45) is 2.37. The first-order chi connectivity index (χ1) is 10.6. The van der Waals surface area contributed by atoms with Gasteiger partial charge in [0.1, 0.15) is 11.9 Å². The van der Waals surface area contributed by atoms with Crippen LogP contribution in [0.15, 0.2) is 24.3 Å². The summed E-state index contributed by atoms with van der Waals surface area (Å²) in [5.74, 6) is -0.102. The van der Waals surface area contributed by atoms with Gasteiger partial charge in [-0.05, 0) is 25.3 Å². The molecule has 3 rings (SSSR count). The summed E-state index contributed by atoms with van der Waals surface area (Å²) >= 11 is 0. The Morgan fingerprint density at radius 1 is 1.32 bits per heavy atom. The van der Waals surface area contributed by atoms with Gasteiger partial charge < -0.3 is 9.64 Å². The van der Waals surface area contributed by atoms with Crippen molar-refractivity contribution >= 4 is 5.91 Å². The number of likely N-dealkylation sites (tertiary alicyclic amines) is 1. The van der Waals surface area contributed by atoms with Crippen LogP contribution in [0.4, 0.5) is 4.39 Å². The van der Waals surface area contributed by atoms with Gasteiger partial charge in [-0.2, -0.15) is 0 Å². The zero-order valence-corrected chi connectivity index (χ0v) is 13.2. The largest absolute Gasteiger partial charge is 0.363 e. The Hall–Kier alpha value is -1.46. The van der Waals surface area contributed by atoms with E-state index in [1.807, 2.05) is 12.1 Å². The van der Waals surface area contributed by atoms with Gasteiger partial charge in [-0.1, -0.05) is 18.2 Å². The normalized spacial score (nSPS) is 28.4. The minimum absolute atomic E-state index is 0.0472. The van der Waals surface area contributed by atoms with Crippen molar-refractivity contribution in [2.24, 2.45) is 0 Å². The van der Waals surface area contributed by atoms with Crippen molar-refractivity contribution in [2.75, 3.05) is 20.6 Å². The maximum absolute atomic E-state index is 13.8. The maximum atomic E-state index is 13.8. The molecule has 0 saturated carbocycles. The zero-order chi connectivity index (χ0) is 15.7. The Kier molecular flexibility index (Phi) is 4.45. The number of ether oxygens (including phenoxy) is 1. The molecule has 0 aliphatic carbocycles. The lowest BCUT2D eigenvalue weighted by Crippen LogP contribution is -2.47. The fourth-order valence-corrected chi connectivity index (χ4v) is 3.53. The average molecular weight is 306 g/mol. The number of hydrogen-bond donors (Lipinski definition) is 0. The molecule has 0 spiro atoms. The van der Waals surface area contributed by atoms with Crippen LogP contribution in [0.2, 0.25) is 0 Å². The van der Waals surface area contributed by atoms with Gasteiger partial charge in [-0.3, -0.25) is 9.69 Å². The molecule has 22 heavy (non-hydrogen) atoms. The SMILES string of the molecule is CN(C)C(=O)[C@@H]1CC[C@@H]2[C@@H](CCN2Cc2ccccc2F)O1. The predicted octanol–water partition coefficient (Wildman–Crippen LogP) is 2.04. The van der Waals surface area contributed by atoms with Gasteiger partial charge in [0.25, 0.3) is 5.91 Å². The van der Waals surface area contributed by atoms with Crippen molar-refractivity contribution in [2.45, 2.75) is 44.1 Å².